The van der Waals surface area contributed by atoms with Gasteiger partial charge in [0.1, 0.15) is 17.6 Å². The number of aryl methyl sites for hydroxylation is 1. The van der Waals surface area contributed by atoms with Crippen LogP contribution in [0.15, 0.2) is 53.1 Å². The Morgan fingerprint density at radius 2 is 1.84 bits per heavy atom. The van der Waals surface area contributed by atoms with Gasteiger partial charge >= 0.3 is 0 Å². The molecule has 1 aliphatic heterocycles. The molecule has 0 N–H and O–H groups in total. The van der Waals surface area contributed by atoms with Crippen molar-refractivity contribution in [2.24, 2.45) is 0 Å². The van der Waals surface area contributed by atoms with Crippen LogP contribution < -0.4 is 9.47 Å². The molecule has 7 nitrogen and oxygen atoms in total. The largest absolute Gasteiger partial charge is 0.489 e. The van der Waals surface area contributed by atoms with Crippen LogP contribution in [0.1, 0.15) is 37.6 Å². The molecule has 1 amide bonds. The van der Waals surface area contributed by atoms with Crippen molar-refractivity contribution in [3.8, 4) is 22.9 Å². The van der Waals surface area contributed by atoms with Crippen molar-refractivity contribution in [3.05, 3.63) is 60.0 Å². The predicted octanol–water partition coefficient (Wildman–Crippen LogP) is 4.23. The fourth-order valence-electron chi connectivity index (χ4n) is 3.38. The zero-order chi connectivity index (χ0) is 21.8. The molecule has 162 valence electrons. The summed E-state index contributed by atoms with van der Waals surface area (Å²) in [5.74, 6) is 2.82. The number of benzene rings is 2. The number of likely N-dealkylation sites (tertiary alicyclic amines) is 1. The van der Waals surface area contributed by atoms with Crippen molar-refractivity contribution in [3.63, 3.8) is 0 Å². The first-order valence-electron chi connectivity index (χ1n) is 10.6. The van der Waals surface area contributed by atoms with Crippen molar-refractivity contribution in [1.82, 2.24) is 15.0 Å². The molecule has 0 bridgehead atoms. The average molecular weight is 421 g/mol. The summed E-state index contributed by atoms with van der Waals surface area (Å²) in [6.45, 7) is 7.30. The molecule has 2 heterocycles. The molecule has 4 rings (SSSR count). The van der Waals surface area contributed by atoms with Crippen molar-refractivity contribution >= 4 is 5.91 Å². The number of carbonyl (C=O) groups is 1. The zero-order valence-electron chi connectivity index (χ0n) is 18.1. The van der Waals surface area contributed by atoms with Crippen LogP contribution in [0.3, 0.4) is 0 Å². The second-order valence-corrected chi connectivity index (χ2v) is 8.11. The summed E-state index contributed by atoms with van der Waals surface area (Å²) in [5.41, 5.74) is 2.03. The van der Waals surface area contributed by atoms with E-state index < -0.39 is 0 Å². The Morgan fingerprint density at radius 3 is 2.52 bits per heavy atom. The normalized spacial score (nSPS) is 16.0. The molecule has 1 aromatic heterocycles. The lowest BCUT2D eigenvalue weighted by molar-refractivity contribution is -0.132. The fraction of sp³-hybridized carbons (Fsp3) is 0.375. The number of hydrogen-bond donors (Lipinski definition) is 0. The maximum Gasteiger partial charge on any atom is 0.260 e. The number of rotatable bonds is 7. The van der Waals surface area contributed by atoms with Crippen LogP contribution in [0, 0.1) is 6.92 Å². The lowest BCUT2D eigenvalue weighted by atomic mass is 10.2. The lowest BCUT2D eigenvalue weighted by Gasteiger charge is -2.17. The molecule has 0 spiro atoms. The minimum absolute atomic E-state index is 0.0277. The first-order valence-corrected chi connectivity index (χ1v) is 10.6. The SMILES string of the molecule is Cc1ccc(OCC(=O)N2CCC(Oc3ccc(-c4noc(C(C)C)n4)cc3)C2)cc1. The Morgan fingerprint density at radius 1 is 1.13 bits per heavy atom. The lowest BCUT2D eigenvalue weighted by Crippen LogP contribution is -2.34. The van der Waals surface area contributed by atoms with Crippen LogP contribution in [0.5, 0.6) is 11.5 Å². The van der Waals surface area contributed by atoms with Gasteiger partial charge in [-0.05, 0) is 43.3 Å². The van der Waals surface area contributed by atoms with Gasteiger partial charge in [-0.2, -0.15) is 4.98 Å². The summed E-state index contributed by atoms with van der Waals surface area (Å²) in [6.07, 6.45) is 0.757. The summed E-state index contributed by atoms with van der Waals surface area (Å²) in [6, 6.07) is 15.3. The summed E-state index contributed by atoms with van der Waals surface area (Å²) in [5, 5.41) is 4.03. The molecule has 0 radical (unpaired) electrons. The first kappa shape index (κ1) is 20.9. The quantitative estimate of drug-likeness (QED) is 0.568. The summed E-state index contributed by atoms with van der Waals surface area (Å²) in [7, 11) is 0. The molecule has 2 aromatic carbocycles. The zero-order valence-corrected chi connectivity index (χ0v) is 18.1. The number of carbonyl (C=O) groups excluding carboxylic acids is 1. The van der Waals surface area contributed by atoms with Gasteiger partial charge < -0.3 is 18.9 Å². The van der Waals surface area contributed by atoms with Gasteiger partial charge in [-0.25, -0.2) is 0 Å². The Labute approximate surface area is 182 Å². The van der Waals surface area contributed by atoms with E-state index in [9.17, 15) is 4.79 Å². The third-order valence-electron chi connectivity index (χ3n) is 5.23. The summed E-state index contributed by atoms with van der Waals surface area (Å²) in [4.78, 5) is 18.7. The van der Waals surface area contributed by atoms with E-state index in [1.807, 2.05) is 69.3 Å². The van der Waals surface area contributed by atoms with E-state index in [0.717, 1.165) is 23.3 Å². The molecule has 1 atom stereocenters. The Bertz CT molecular complexity index is 1010. The molecule has 1 aliphatic rings. The van der Waals surface area contributed by atoms with Crippen molar-refractivity contribution in [1.29, 1.82) is 0 Å². The van der Waals surface area contributed by atoms with Gasteiger partial charge in [0.25, 0.3) is 5.91 Å². The minimum Gasteiger partial charge on any atom is -0.489 e. The third-order valence-corrected chi connectivity index (χ3v) is 5.23. The van der Waals surface area contributed by atoms with Crippen LogP contribution in [0.2, 0.25) is 0 Å². The molecule has 1 saturated heterocycles. The second kappa shape index (κ2) is 9.20. The maximum absolute atomic E-state index is 12.5. The predicted molar refractivity (Wildman–Crippen MR) is 116 cm³/mol. The van der Waals surface area contributed by atoms with E-state index in [4.69, 9.17) is 14.0 Å². The first-order chi connectivity index (χ1) is 15.0. The standard InChI is InChI=1S/C24H27N3O4/c1-16(2)24-25-23(26-31-24)18-6-10-20(11-7-18)30-21-12-13-27(14-21)22(28)15-29-19-8-4-17(3)5-9-19/h4-11,16,21H,12-15H2,1-3H3. The minimum atomic E-state index is -0.0353. The van der Waals surface area contributed by atoms with E-state index in [0.29, 0.717) is 30.6 Å². The maximum atomic E-state index is 12.5. The van der Waals surface area contributed by atoms with Crippen LogP contribution in [-0.4, -0.2) is 46.7 Å². The van der Waals surface area contributed by atoms with Crippen LogP contribution in [0.4, 0.5) is 0 Å². The number of hydrogen-bond acceptors (Lipinski definition) is 6. The number of aromatic nitrogens is 2. The van der Waals surface area contributed by atoms with Gasteiger partial charge in [0.05, 0.1) is 6.54 Å². The molecular weight excluding hydrogens is 394 g/mol. The topological polar surface area (TPSA) is 77.7 Å². The number of ether oxygens (including phenoxy) is 2. The van der Waals surface area contributed by atoms with Crippen LogP contribution in [0.25, 0.3) is 11.4 Å². The highest BCUT2D eigenvalue weighted by atomic mass is 16.5. The molecule has 7 heteroatoms. The molecule has 1 unspecified atom stereocenters. The van der Waals surface area contributed by atoms with Gasteiger partial charge in [-0.3, -0.25) is 4.79 Å². The molecule has 3 aromatic rings. The average Bonchev–Trinajstić information content (AvgIpc) is 3.44. The molecular formula is C24H27N3O4. The van der Waals surface area contributed by atoms with E-state index in [2.05, 4.69) is 10.1 Å². The van der Waals surface area contributed by atoms with Gasteiger partial charge in [0, 0.05) is 24.4 Å². The highest BCUT2D eigenvalue weighted by Crippen LogP contribution is 2.24. The van der Waals surface area contributed by atoms with Crippen LogP contribution in [-0.2, 0) is 4.79 Å². The summed E-state index contributed by atoms with van der Waals surface area (Å²) >= 11 is 0. The van der Waals surface area contributed by atoms with E-state index >= 15 is 0 Å². The highest BCUT2D eigenvalue weighted by Gasteiger charge is 2.28. The Balaban J connectivity index is 1.27. The summed E-state index contributed by atoms with van der Waals surface area (Å²) < 4.78 is 16.9. The van der Waals surface area contributed by atoms with Gasteiger partial charge in [-0.1, -0.05) is 36.7 Å². The van der Waals surface area contributed by atoms with E-state index in [-0.39, 0.29) is 24.5 Å². The van der Waals surface area contributed by atoms with E-state index in [1.165, 1.54) is 0 Å². The smallest absolute Gasteiger partial charge is 0.260 e. The van der Waals surface area contributed by atoms with Gasteiger partial charge in [-0.15, -0.1) is 0 Å². The Kier molecular flexibility index (Phi) is 6.21. The van der Waals surface area contributed by atoms with Crippen LogP contribution >= 0.6 is 0 Å². The fourth-order valence-corrected chi connectivity index (χ4v) is 3.38. The van der Waals surface area contributed by atoms with Gasteiger partial charge in [0.15, 0.2) is 6.61 Å². The van der Waals surface area contributed by atoms with Crippen molar-refractivity contribution in [2.75, 3.05) is 19.7 Å². The number of amides is 1. The second-order valence-electron chi connectivity index (χ2n) is 8.11. The molecule has 0 saturated carbocycles. The van der Waals surface area contributed by atoms with E-state index in [1.54, 1.807) is 4.90 Å². The molecule has 0 aliphatic carbocycles. The molecule has 1 fully saturated rings. The molecule has 31 heavy (non-hydrogen) atoms. The van der Waals surface area contributed by atoms with Gasteiger partial charge in [0.2, 0.25) is 11.7 Å². The monoisotopic (exact) mass is 421 g/mol. The van der Waals surface area contributed by atoms with Crippen molar-refractivity contribution in [2.45, 2.75) is 39.2 Å². The number of nitrogens with zero attached hydrogens (tertiary/aromatic N) is 3. The Hall–Kier alpha value is -3.35. The van der Waals surface area contributed by atoms with Crippen molar-refractivity contribution < 1.29 is 18.8 Å². The highest BCUT2D eigenvalue weighted by molar-refractivity contribution is 5.78. The third kappa shape index (κ3) is 5.23.